The van der Waals surface area contributed by atoms with Crippen LogP contribution in [0.4, 0.5) is 0 Å². The highest BCUT2D eigenvalue weighted by Crippen LogP contribution is 2.23. The summed E-state index contributed by atoms with van der Waals surface area (Å²) >= 11 is 0. The van der Waals surface area contributed by atoms with Crippen LogP contribution in [0.5, 0.6) is 0 Å². The highest BCUT2D eigenvalue weighted by atomic mass is 16.1. The second-order valence-electron chi connectivity index (χ2n) is 4.79. The number of rotatable bonds is 4. The molecule has 5 heteroatoms. The quantitative estimate of drug-likeness (QED) is 0.784. The van der Waals surface area contributed by atoms with Gasteiger partial charge in [0.25, 0.3) is 0 Å². The van der Waals surface area contributed by atoms with E-state index in [0.29, 0.717) is 6.54 Å². The molecule has 1 aliphatic carbocycles. The van der Waals surface area contributed by atoms with E-state index in [-0.39, 0.29) is 17.9 Å². The maximum atomic E-state index is 11.8. The Hall–Kier alpha value is -1.36. The number of hydrogen-bond acceptors (Lipinski definition) is 3. The number of aryl methyl sites for hydroxylation is 1. The molecule has 17 heavy (non-hydrogen) atoms. The minimum atomic E-state index is 0.119. The summed E-state index contributed by atoms with van der Waals surface area (Å²) in [7, 11) is 1.89. The molecule has 3 N–H and O–H groups in total. The van der Waals surface area contributed by atoms with E-state index < -0.39 is 0 Å². The van der Waals surface area contributed by atoms with Gasteiger partial charge in [-0.2, -0.15) is 5.10 Å². The van der Waals surface area contributed by atoms with Gasteiger partial charge in [-0.15, -0.1) is 0 Å². The molecule has 1 fully saturated rings. The summed E-state index contributed by atoms with van der Waals surface area (Å²) in [4.78, 5) is 11.8. The molecule has 5 nitrogen and oxygen atoms in total. The standard InChI is InChI=1S/C12H20N4O/c1-16-7-5-11(15-16)4-6-14-12(17)9-2-3-10(13)8-9/h5,7,9-10H,2-4,6,8,13H2,1H3,(H,14,17). The molecule has 0 radical (unpaired) electrons. The van der Waals surface area contributed by atoms with E-state index in [1.165, 1.54) is 0 Å². The molecule has 1 aromatic heterocycles. The van der Waals surface area contributed by atoms with E-state index in [2.05, 4.69) is 10.4 Å². The van der Waals surface area contributed by atoms with Gasteiger partial charge in [0, 0.05) is 38.2 Å². The third-order valence-corrected chi connectivity index (χ3v) is 3.29. The topological polar surface area (TPSA) is 72.9 Å². The fourth-order valence-corrected chi connectivity index (χ4v) is 2.31. The molecule has 0 aromatic carbocycles. The third-order valence-electron chi connectivity index (χ3n) is 3.29. The van der Waals surface area contributed by atoms with Gasteiger partial charge >= 0.3 is 0 Å². The van der Waals surface area contributed by atoms with E-state index in [1.807, 2.05) is 19.3 Å². The summed E-state index contributed by atoms with van der Waals surface area (Å²) in [5, 5.41) is 7.22. The molecule has 2 unspecified atom stereocenters. The molecular formula is C12H20N4O. The zero-order chi connectivity index (χ0) is 12.3. The normalized spacial score (nSPS) is 23.9. The molecular weight excluding hydrogens is 216 g/mol. The molecule has 2 rings (SSSR count). The Balaban J connectivity index is 1.70. The van der Waals surface area contributed by atoms with Crippen LogP contribution in [-0.4, -0.2) is 28.3 Å². The third kappa shape index (κ3) is 3.30. The first-order valence-electron chi connectivity index (χ1n) is 6.17. The molecule has 1 heterocycles. The molecule has 1 saturated carbocycles. The van der Waals surface area contributed by atoms with Gasteiger partial charge in [0.2, 0.25) is 5.91 Å². The summed E-state index contributed by atoms with van der Waals surface area (Å²) in [5.41, 5.74) is 6.80. The van der Waals surface area contributed by atoms with Crippen LogP contribution in [0.2, 0.25) is 0 Å². The molecule has 0 aliphatic heterocycles. The Bertz CT molecular complexity index is 388. The monoisotopic (exact) mass is 236 g/mol. The van der Waals surface area contributed by atoms with Gasteiger partial charge in [-0.25, -0.2) is 0 Å². The average Bonchev–Trinajstić information content (AvgIpc) is 2.88. The van der Waals surface area contributed by atoms with Crippen LogP contribution in [0.3, 0.4) is 0 Å². The zero-order valence-corrected chi connectivity index (χ0v) is 10.2. The van der Waals surface area contributed by atoms with Gasteiger partial charge in [-0.3, -0.25) is 9.48 Å². The molecule has 1 aliphatic rings. The van der Waals surface area contributed by atoms with E-state index in [9.17, 15) is 4.79 Å². The van der Waals surface area contributed by atoms with Crippen molar-refractivity contribution in [1.29, 1.82) is 0 Å². The maximum Gasteiger partial charge on any atom is 0.223 e. The minimum Gasteiger partial charge on any atom is -0.355 e. The van der Waals surface area contributed by atoms with Crippen molar-refractivity contribution in [3.8, 4) is 0 Å². The number of nitrogens with one attached hydrogen (secondary N) is 1. The number of hydrogen-bond donors (Lipinski definition) is 2. The van der Waals surface area contributed by atoms with Crippen LogP contribution < -0.4 is 11.1 Å². The van der Waals surface area contributed by atoms with Crippen molar-refractivity contribution < 1.29 is 4.79 Å². The largest absolute Gasteiger partial charge is 0.355 e. The number of amides is 1. The van der Waals surface area contributed by atoms with E-state index >= 15 is 0 Å². The fraction of sp³-hybridized carbons (Fsp3) is 0.667. The molecule has 0 spiro atoms. The summed E-state index contributed by atoms with van der Waals surface area (Å²) in [6, 6.07) is 2.18. The number of nitrogens with zero attached hydrogens (tertiary/aromatic N) is 2. The Kier molecular flexibility index (Phi) is 3.78. The number of carbonyl (C=O) groups excluding carboxylic acids is 1. The van der Waals surface area contributed by atoms with Crippen molar-refractivity contribution in [2.24, 2.45) is 18.7 Å². The van der Waals surface area contributed by atoms with Crippen LogP contribution in [-0.2, 0) is 18.3 Å². The predicted molar refractivity (Wildman–Crippen MR) is 65.2 cm³/mol. The van der Waals surface area contributed by atoms with Crippen molar-refractivity contribution in [2.45, 2.75) is 31.7 Å². The van der Waals surface area contributed by atoms with Crippen molar-refractivity contribution >= 4 is 5.91 Å². The van der Waals surface area contributed by atoms with Crippen molar-refractivity contribution in [3.05, 3.63) is 18.0 Å². The Morgan fingerprint density at radius 2 is 2.47 bits per heavy atom. The SMILES string of the molecule is Cn1ccc(CCNC(=O)C2CCC(N)C2)n1. The second-order valence-corrected chi connectivity index (χ2v) is 4.79. The van der Waals surface area contributed by atoms with Crippen LogP contribution in [0, 0.1) is 5.92 Å². The highest BCUT2D eigenvalue weighted by Gasteiger charge is 2.27. The van der Waals surface area contributed by atoms with E-state index in [0.717, 1.165) is 31.4 Å². The first-order valence-corrected chi connectivity index (χ1v) is 6.17. The van der Waals surface area contributed by atoms with E-state index in [1.54, 1.807) is 4.68 Å². The van der Waals surface area contributed by atoms with Crippen LogP contribution in [0.15, 0.2) is 12.3 Å². The lowest BCUT2D eigenvalue weighted by Crippen LogP contribution is -2.32. The summed E-state index contributed by atoms with van der Waals surface area (Å²) in [5.74, 6) is 0.266. The molecule has 1 aromatic rings. The summed E-state index contributed by atoms with van der Waals surface area (Å²) in [6.45, 7) is 0.654. The first kappa shape index (κ1) is 12.1. The lowest BCUT2D eigenvalue weighted by atomic mass is 10.1. The highest BCUT2D eigenvalue weighted by molar-refractivity contribution is 5.78. The van der Waals surface area contributed by atoms with E-state index in [4.69, 9.17) is 5.73 Å². The van der Waals surface area contributed by atoms with Gasteiger partial charge in [0.05, 0.1) is 5.69 Å². The van der Waals surface area contributed by atoms with Gasteiger partial charge in [0.15, 0.2) is 0 Å². The van der Waals surface area contributed by atoms with Crippen molar-refractivity contribution in [3.63, 3.8) is 0 Å². The fourth-order valence-electron chi connectivity index (χ4n) is 2.31. The summed E-state index contributed by atoms with van der Waals surface area (Å²) < 4.78 is 1.77. The predicted octanol–water partition coefficient (Wildman–Crippen LogP) is 0.206. The van der Waals surface area contributed by atoms with Gasteiger partial charge in [0.1, 0.15) is 0 Å². The number of aromatic nitrogens is 2. The average molecular weight is 236 g/mol. The van der Waals surface area contributed by atoms with Crippen molar-refractivity contribution in [1.82, 2.24) is 15.1 Å². The Morgan fingerprint density at radius 1 is 1.65 bits per heavy atom. The van der Waals surface area contributed by atoms with Gasteiger partial charge < -0.3 is 11.1 Å². The number of carbonyl (C=O) groups is 1. The van der Waals surface area contributed by atoms with Gasteiger partial charge in [-0.1, -0.05) is 0 Å². The molecule has 0 bridgehead atoms. The van der Waals surface area contributed by atoms with Crippen LogP contribution in [0.25, 0.3) is 0 Å². The maximum absolute atomic E-state index is 11.8. The molecule has 2 atom stereocenters. The minimum absolute atomic E-state index is 0.119. The van der Waals surface area contributed by atoms with Crippen molar-refractivity contribution in [2.75, 3.05) is 6.54 Å². The van der Waals surface area contributed by atoms with Gasteiger partial charge in [-0.05, 0) is 25.3 Å². The zero-order valence-electron chi connectivity index (χ0n) is 10.2. The van der Waals surface area contributed by atoms with Crippen LogP contribution >= 0.6 is 0 Å². The smallest absolute Gasteiger partial charge is 0.223 e. The number of nitrogens with two attached hydrogens (primary N) is 1. The van der Waals surface area contributed by atoms with Crippen LogP contribution in [0.1, 0.15) is 25.0 Å². The Morgan fingerprint density at radius 3 is 3.06 bits per heavy atom. The Labute approximate surface area is 101 Å². The first-order chi connectivity index (χ1) is 8.15. The summed E-state index contributed by atoms with van der Waals surface area (Å²) in [6.07, 6.45) is 5.42. The second kappa shape index (κ2) is 5.31. The lowest BCUT2D eigenvalue weighted by Gasteiger charge is -2.09. The molecule has 94 valence electrons. The molecule has 1 amide bonds. The lowest BCUT2D eigenvalue weighted by molar-refractivity contribution is -0.124. The molecule has 0 saturated heterocycles.